The number of carbonyl (C=O) groups is 1. The smallest absolute Gasteiger partial charge is 0.354 e. The predicted octanol–water partition coefficient (Wildman–Crippen LogP) is 2.93. The first-order valence-electron chi connectivity index (χ1n) is 5.56. The second kappa shape index (κ2) is 5.01. The molecule has 0 amide bonds. The average Bonchev–Trinajstić information content (AvgIpc) is 2.75. The van der Waals surface area contributed by atoms with Crippen LogP contribution in [0.25, 0.3) is 10.9 Å². The van der Waals surface area contributed by atoms with E-state index in [1.165, 1.54) is 21.3 Å². The fourth-order valence-electron chi connectivity index (χ4n) is 2.08. The zero-order valence-corrected chi connectivity index (χ0v) is 11.8. The molecular formula is C13H14ClNO4. The molecule has 6 heteroatoms. The van der Waals surface area contributed by atoms with Crippen molar-refractivity contribution in [2.75, 3.05) is 21.3 Å². The molecule has 102 valence electrons. The average molecular weight is 284 g/mol. The summed E-state index contributed by atoms with van der Waals surface area (Å²) in [5.41, 5.74) is 1.78. The summed E-state index contributed by atoms with van der Waals surface area (Å²) in [5.74, 6) is 0.496. The van der Waals surface area contributed by atoms with E-state index in [1.54, 1.807) is 13.0 Å². The third kappa shape index (κ3) is 2.00. The van der Waals surface area contributed by atoms with Crippen molar-refractivity contribution in [3.63, 3.8) is 0 Å². The summed E-state index contributed by atoms with van der Waals surface area (Å²) in [5, 5.41) is 1.13. The van der Waals surface area contributed by atoms with E-state index in [-0.39, 0.29) is 0 Å². The molecule has 1 aromatic carbocycles. The summed E-state index contributed by atoms with van der Waals surface area (Å²) in [6.45, 7) is 1.79. The number of aryl methyl sites for hydroxylation is 1. The van der Waals surface area contributed by atoms with Crippen molar-refractivity contribution in [3.05, 3.63) is 22.3 Å². The second-order valence-corrected chi connectivity index (χ2v) is 4.34. The van der Waals surface area contributed by atoms with Crippen molar-refractivity contribution >= 4 is 28.5 Å². The van der Waals surface area contributed by atoms with Crippen LogP contribution in [0.5, 0.6) is 11.5 Å². The summed E-state index contributed by atoms with van der Waals surface area (Å²) < 4.78 is 15.2. The van der Waals surface area contributed by atoms with Crippen LogP contribution in [0.2, 0.25) is 5.02 Å². The highest BCUT2D eigenvalue weighted by Crippen LogP contribution is 2.42. The number of aromatic amines is 1. The number of esters is 1. The number of aromatic nitrogens is 1. The Hall–Kier alpha value is -1.88. The molecule has 0 fully saturated rings. The van der Waals surface area contributed by atoms with Crippen molar-refractivity contribution in [2.45, 2.75) is 6.92 Å². The number of rotatable bonds is 3. The first-order chi connectivity index (χ1) is 9.04. The number of hydrogen-bond donors (Lipinski definition) is 1. The molecule has 19 heavy (non-hydrogen) atoms. The van der Waals surface area contributed by atoms with E-state index in [1.807, 2.05) is 0 Å². The number of ether oxygens (including phenoxy) is 3. The van der Waals surface area contributed by atoms with E-state index in [4.69, 9.17) is 25.8 Å². The van der Waals surface area contributed by atoms with Crippen LogP contribution >= 0.6 is 11.6 Å². The van der Waals surface area contributed by atoms with Gasteiger partial charge in [0.15, 0.2) is 11.5 Å². The highest BCUT2D eigenvalue weighted by atomic mass is 35.5. The molecule has 1 N–H and O–H groups in total. The lowest BCUT2D eigenvalue weighted by Crippen LogP contribution is -2.02. The monoisotopic (exact) mass is 283 g/mol. The maximum atomic E-state index is 11.7. The number of fused-ring (bicyclic) bond motifs is 1. The van der Waals surface area contributed by atoms with Crippen molar-refractivity contribution in [3.8, 4) is 11.5 Å². The van der Waals surface area contributed by atoms with Gasteiger partial charge in [0.2, 0.25) is 0 Å². The van der Waals surface area contributed by atoms with Crippen LogP contribution in [-0.4, -0.2) is 32.3 Å². The zero-order chi connectivity index (χ0) is 14.2. The zero-order valence-electron chi connectivity index (χ0n) is 11.1. The number of methoxy groups -OCH3 is 3. The molecule has 0 bridgehead atoms. The van der Waals surface area contributed by atoms with Gasteiger partial charge in [-0.3, -0.25) is 0 Å². The third-order valence-electron chi connectivity index (χ3n) is 3.01. The highest BCUT2D eigenvalue weighted by molar-refractivity contribution is 6.37. The molecule has 5 nitrogen and oxygen atoms in total. The molecule has 2 rings (SSSR count). The largest absolute Gasteiger partial charge is 0.493 e. The Bertz CT molecular complexity index is 648. The van der Waals surface area contributed by atoms with E-state index in [0.29, 0.717) is 33.3 Å². The third-order valence-corrected chi connectivity index (χ3v) is 3.37. The van der Waals surface area contributed by atoms with E-state index in [0.717, 1.165) is 5.39 Å². The van der Waals surface area contributed by atoms with E-state index in [9.17, 15) is 4.79 Å². The highest BCUT2D eigenvalue weighted by Gasteiger charge is 2.21. The van der Waals surface area contributed by atoms with Crippen LogP contribution in [0.15, 0.2) is 6.07 Å². The summed E-state index contributed by atoms with van der Waals surface area (Å²) in [4.78, 5) is 14.7. The second-order valence-electron chi connectivity index (χ2n) is 3.97. The standard InChI is InChI=1S/C13H14ClNO4/c1-6-9-7(15-11(6)13(16)19-4)5-8(17-2)12(18-3)10(9)14/h5,15H,1-4H3. The van der Waals surface area contributed by atoms with Gasteiger partial charge in [-0.05, 0) is 12.5 Å². The normalized spacial score (nSPS) is 10.6. The maximum Gasteiger partial charge on any atom is 0.354 e. The molecule has 1 heterocycles. The first kappa shape index (κ1) is 13.5. The van der Waals surface area contributed by atoms with Crippen LogP contribution in [0.4, 0.5) is 0 Å². The van der Waals surface area contributed by atoms with Crippen molar-refractivity contribution < 1.29 is 19.0 Å². The number of hydrogen-bond acceptors (Lipinski definition) is 4. The molecule has 0 atom stereocenters. The fourth-order valence-corrected chi connectivity index (χ4v) is 2.49. The van der Waals surface area contributed by atoms with Crippen molar-refractivity contribution in [2.24, 2.45) is 0 Å². The Balaban J connectivity index is 2.81. The maximum absolute atomic E-state index is 11.7. The van der Waals surface area contributed by atoms with Gasteiger partial charge in [0, 0.05) is 11.5 Å². The minimum atomic E-state index is -0.442. The molecule has 0 unspecified atom stereocenters. The number of H-pyrrole nitrogens is 1. The lowest BCUT2D eigenvalue weighted by Gasteiger charge is -2.10. The first-order valence-corrected chi connectivity index (χ1v) is 5.94. The van der Waals surface area contributed by atoms with Crippen LogP contribution in [0, 0.1) is 6.92 Å². The Morgan fingerprint density at radius 2 is 1.95 bits per heavy atom. The molecule has 0 saturated heterocycles. The SMILES string of the molecule is COC(=O)c1[nH]c2cc(OC)c(OC)c(Cl)c2c1C. The topological polar surface area (TPSA) is 60.6 Å². The van der Waals surface area contributed by atoms with Crippen LogP contribution in [0.1, 0.15) is 16.1 Å². The minimum absolute atomic E-state index is 0.370. The predicted molar refractivity (Wildman–Crippen MR) is 72.5 cm³/mol. The van der Waals surface area contributed by atoms with Gasteiger partial charge in [-0.25, -0.2) is 4.79 Å². The lowest BCUT2D eigenvalue weighted by atomic mass is 10.1. The quantitative estimate of drug-likeness (QED) is 0.880. The number of halogens is 1. The molecule has 0 aliphatic rings. The Morgan fingerprint density at radius 1 is 1.26 bits per heavy atom. The number of carbonyl (C=O) groups excluding carboxylic acids is 1. The lowest BCUT2D eigenvalue weighted by molar-refractivity contribution is 0.0594. The van der Waals surface area contributed by atoms with Gasteiger partial charge < -0.3 is 19.2 Å². The Kier molecular flexibility index (Phi) is 3.57. The Labute approximate surface area is 115 Å². The minimum Gasteiger partial charge on any atom is -0.493 e. The van der Waals surface area contributed by atoms with Gasteiger partial charge in [0.25, 0.3) is 0 Å². The number of benzene rings is 1. The molecule has 2 aromatic rings. The fraction of sp³-hybridized carbons (Fsp3) is 0.308. The van der Waals surface area contributed by atoms with E-state index >= 15 is 0 Å². The summed E-state index contributed by atoms with van der Waals surface area (Å²) in [6, 6.07) is 1.74. The molecular weight excluding hydrogens is 270 g/mol. The van der Waals surface area contributed by atoms with Crippen LogP contribution in [0.3, 0.4) is 0 Å². The van der Waals surface area contributed by atoms with Gasteiger partial charge >= 0.3 is 5.97 Å². The molecule has 0 aliphatic heterocycles. The van der Waals surface area contributed by atoms with Gasteiger partial charge in [-0.1, -0.05) is 11.6 Å². The van der Waals surface area contributed by atoms with Gasteiger partial charge in [0.05, 0.1) is 31.9 Å². The van der Waals surface area contributed by atoms with Gasteiger partial charge in [-0.2, -0.15) is 0 Å². The van der Waals surface area contributed by atoms with Gasteiger partial charge in [-0.15, -0.1) is 0 Å². The summed E-state index contributed by atoms with van der Waals surface area (Å²) in [6.07, 6.45) is 0. The van der Waals surface area contributed by atoms with Crippen molar-refractivity contribution in [1.29, 1.82) is 0 Å². The summed E-state index contributed by atoms with van der Waals surface area (Å²) >= 11 is 6.32. The molecule has 0 aliphatic carbocycles. The van der Waals surface area contributed by atoms with E-state index < -0.39 is 5.97 Å². The number of nitrogens with one attached hydrogen (secondary N) is 1. The molecule has 0 saturated carbocycles. The van der Waals surface area contributed by atoms with Crippen LogP contribution in [-0.2, 0) is 4.74 Å². The summed E-state index contributed by atoms with van der Waals surface area (Å²) in [7, 11) is 4.37. The van der Waals surface area contributed by atoms with Crippen LogP contribution < -0.4 is 9.47 Å². The Morgan fingerprint density at radius 3 is 2.47 bits per heavy atom. The van der Waals surface area contributed by atoms with Gasteiger partial charge in [0.1, 0.15) is 5.69 Å². The van der Waals surface area contributed by atoms with E-state index in [2.05, 4.69) is 4.98 Å². The molecule has 0 radical (unpaired) electrons. The molecule has 0 spiro atoms. The van der Waals surface area contributed by atoms with Crippen molar-refractivity contribution in [1.82, 2.24) is 4.98 Å². The molecule has 1 aromatic heterocycles.